The van der Waals surface area contributed by atoms with Gasteiger partial charge in [0.25, 0.3) is 11.6 Å². The van der Waals surface area contributed by atoms with Crippen LogP contribution in [0.15, 0.2) is 42.5 Å². The molecule has 0 N–H and O–H groups in total. The first kappa shape index (κ1) is 17.7. The van der Waals surface area contributed by atoms with Gasteiger partial charge in [0.1, 0.15) is 6.07 Å². The molecule has 7 nitrogen and oxygen atoms in total. The van der Waals surface area contributed by atoms with Crippen LogP contribution in [0.3, 0.4) is 0 Å². The number of hydrogen-bond donors (Lipinski definition) is 0. The van der Waals surface area contributed by atoms with E-state index in [0.717, 1.165) is 5.69 Å². The fourth-order valence-electron chi connectivity index (χ4n) is 2.92. The molecule has 26 heavy (non-hydrogen) atoms. The van der Waals surface area contributed by atoms with Crippen molar-refractivity contribution in [2.24, 2.45) is 0 Å². The summed E-state index contributed by atoms with van der Waals surface area (Å²) in [4.78, 5) is 26.5. The Balaban J connectivity index is 1.68. The Kier molecular flexibility index (Phi) is 5.05. The number of nitriles is 1. The molecule has 3 rings (SSSR count). The number of rotatable bonds is 3. The molecule has 0 radical (unpaired) electrons. The van der Waals surface area contributed by atoms with Gasteiger partial charge in [-0.3, -0.25) is 14.9 Å². The van der Waals surface area contributed by atoms with Gasteiger partial charge < -0.3 is 9.80 Å². The van der Waals surface area contributed by atoms with Crippen molar-refractivity contribution in [1.82, 2.24) is 4.90 Å². The highest BCUT2D eigenvalue weighted by atomic mass is 35.5. The molecule has 0 aliphatic carbocycles. The predicted octanol–water partition coefficient (Wildman–Crippen LogP) is 3.08. The third kappa shape index (κ3) is 3.60. The molecule has 0 unspecified atom stereocenters. The summed E-state index contributed by atoms with van der Waals surface area (Å²) in [6.45, 7) is 2.14. The van der Waals surface area contributed by atoms with Crippen LogP contribution < -0.4 is 4.90 Å². The van der Waals surface area contributed by atoms with Gasteiger partial charge in [-0.2, -0.15) is 5.26 Å². The van der Waals surface area contributed by atoms with E-state index in [4.69, 9.17) is 11.6 Å². The largest absolute Gasteiger partial charge is 0.367 e. The van der Waals surface area contributed by atoms with Crippen LogP contribution in [0.4, 0.5) is 11.4 Å². The number of nitrogens with zero attached hydrogens (tertiary/aromatic N) is 4. The van der Waals surface area contributed by atoms with Gasteiger partial charge in [-0.05, 0) is 30.3 Å². The molecule has 8 heteroatoms. The third-order valence-electron chi connectivity index (χ3n) is 4.31. The standard InChI is InChI=1S/C18H15ClN4O3/c19-15-4-1-14(12-20)17(11-15)21-7-9-22(10-8-21)18(24)13-2-5-16(6-3-13)23(25)26/h1-6,11H,7-10H2. The van der Waals surface area contributed by atoms with E-state index in [2.05, 4.69) is 6.07 Å². The number of nitro groups is 1. The van der Waals surface area contributed by atoms with Crippen molar-refractivity contribution < 1.29 is 9.72 Å². The molecule has 0 saturated carbocycles. The van der Waals surface area contributed by atoms with Crippen molar-refractivity contribution in [1.29, 1.82) is 5.26 Å². The highest BCUT2D eigenvalue weighted by molar-refractivity contribution is 6.30. The summed E-state index contributed by atoms with van der Waals surface area (Å²) in [6, 6.07) is 12.9. The zero-order valence-corrected chi connectivity index (χ0v) is 14.5. The maximum Gasteiger partial charge on any atom is 0.269 e. The van der Waals surface area contributed by atoms with E-state index in [0.29, 0.717) is 42.3 Å². The van der Waals surface area contributed by atoms with E-state index in [1.165, 1.54) is 24.3 Å². The Bertz CT molecular complexity index is 884. The molecule has 132 valence electrons. The molecule has 1 aliphatic heterocycles. The first-order chi connectivity index (χ1) is 12.5. The quantitative estimate of drug-likeness (QED) is 0.611. The molecule has 0 aromatic heterocycles. The van der Waals surface area contributed by atoms with E-state index in [9.17, 15) is 20.2 Å². The lowest BCUT2D eigenvalue weighted by molar-refractivity contribution is -0.384. The fraction of sp³-hybridized carbons (Fsp3) is 0.222. The lowest BCUT2D eigenvalue weighted by Gasteiger charge is -2.36. The van der Waals surface area contributed by atoms with Crippen molar-refractivity contribution in [3.63, 3.8) is 0 Å². The topological polar surface area (TPSA) is 90.5 Å². The number of anilines is 1. The Morgan fingerprint density at radius 1 is 1.12 bits per heavy atom. The maximum absolute atomic E-state index is 12.6. The van der Waals surface area contributed by atoms with Crippen LogP contribution in [-0.4, -0.2) is 41.9 Å². The first-order valence-electron chi connectivity index (χ1n) is 7.98. The van der Waals surface area contributed by atoms with Gasteiger partial charge in [-0.25, -0.2) is 0 Å². The summed E-state index contributed by atoms with van der Waals surface area (Å²) in [6.07, 6.45) is 0. The molecule has 0 spiro atoms. The Morgan fingerprint density at radius 3 is 2.35 bits per heavy atom. The molecular weight excluding hydrogens is 356 g/mol. The maximum atomic E-state index is 12.6. The van der Waals surface area contributed by atoms with Crippen LogP contribution in [0.2, 0.25) is 5.02 Å². The Labute approximate surface area is 155 Å². The highest BCUT2D eigenvalue weighted by Gasteiger charge is 2.24. The van der Waals surface area contributed by atoms with Gasteiger partial charge in [0.15, 0.2) is 0 Å². The van der Waals surface area contributed by atoms with Crippen LogP contribution in [0, 0.1) is 21.4 Å². The van der Waals surface area contributed by atoms with Gasteiger partial charge in [-0.15, -0.1) is 0 Å². The minimum Gasteiger partial charge on any atom is -0.367 e. The summed E-state index contributed by atoms with van der Waals surface area (Å²) in [5.74, 6) is -0.161. The van der Waals surface area contributed by atoms with Crippen molar-refractivity contribution in [3.05, 3.63) is 68.7 Å². The number of hydrogen-bond acceptors (Lipinski definition) is 5. The summed E-state index contributed by atoms with van der Waals surface area (Å²) in [5, 5.41) is 20.5. The predicted molar refractivity (Wildman–Crippen MR) is 97.4 cm³/mol. The minimum atomic E-state index is -0.495. The SMILES string of the molecule is N#Cc1ccc(Cl)cc1N1CCN(C(=O)c2ccc([N+](=O)[O-])cc2)CC1. The molecule has 0 bridgehead atoms. The molecule has 1 saturated heterocycles. The number of nitro benzene ring substituents is 1. The van der Waals surface area contributed by atoms with Crippen molar-refractivity contribution >= 4 is 28.9 Å². The number of amides is 1. The van der Waals surface area contributed by atoms with Crippen LogP contribution in [0.1, 0.15) is 15.9 Å². The number of benzene rings is 2. The monoisotopic (exact) mass is 370 g/mol. The van der Waals surface area contributed by atoms with E-state index in [1.54, 1.807) is 23.1 Å². The van der Waals surface area contributed by atoms with E-state index < -0.39 is 4.92 Å². The fourth-order valence-corrected chi connectivity index (χ4v) is 3.09. The second-order valence-corrected chi connectivity index (χ2v) is 6.29. The molecule has 1 fully saturated rings. The number of piperazine rings is 1. The molecule has 2 aromatic carbocycles. The molecule has 1 aliphatic rings. The Morgan fingerprint density at radius 2 is 1.77 bits per heavy atom. The summed E-state index contributed by atoms with van der Waals surface area (Å²) < 4.78 is 0. The molecule has 2 aromatic rings. The zero-order valence-electron chi connectivity index (χ0n) is 13.8. The summed E-state index contributed by atoms with van der Waals surface area (Å²) in [7, 11) is 0. The third-order valence-corrected chi connectivity index (χ3v) is 4.55. The summed E-state index contributed by atoms with van der Waals surface area (Å²) in [5.41, 5.74) is 1.69. The smallest absolute Gasteiger partial charge is 0.269 e. The van der Waals surface area contributed by atoms with Crippen LogP contribution in [-0.2, 0) is 0 Å². The molecule has 1 heterocycles. The number of non-ortho nitro benzene ring substituents is 1. The first-order valence-corrected chi connectivity index (χ1v) is 8.35. The zero-order chi connectivity index (χ0) is 18.7. The lowest BCUT2D eigenvalue weighted by atomic mass is 10.1. The minimum absolute atomic E-state index is 0.0450. The molecular formula is C18H15ClN4O3. The van der Waals surface area contributed by atoms with Gasteiger partial charge in [0.2, 0.25) is 0 Å². The summed E-state index contributed by atoms with van der Waals surface area (Å²) >= 11 is 6.04. The average molecular weight is 371 g/mol. The lowest BCUT2D eigenvalue weighted by Crippen LogP contribution is -2.49. The van der Waals surface area contributed by atoms with Gasteiger partial charge in [-0.1, -0.05) is 11.6 Å². The normalized spacial score (nSPS) is 14.0. The Hall–Kier alpha value is -3.11. The van der Waals surface area contributed by atoms with Crippen molar-refractivity contribution in [2.45, 2.75) is 0 Å². The van der Waals surface area contributed by atoms with Crippen molar-refractivity contribution in [3.8, 4) is 6.07 Å². The highest BCUT2D eigenvalue weighted by Crippen LogP contribution is 2.26. The van der Waals surface area contributed by atoms with Gasteiger partial charge in [0.05, 0.1) is 16.2 Å². The number of halogens is 1. The molecule has 0 atom stereocenters. The second-order valence-electron chi connectivity index (χ2n) is 5.86. The van der Waals surface area contributed by atoms with E-state index in [1.807, 2.05) is 4.90 Å². The average Bonchev–Trinajstić information content (AvgIpc) is 2.67. The number of carbonyl (C=O) groups is 1. The van der Waals surface area contributed by atoms with Crippen LogP contribution in [0.25, 0.3) is 0 Å². The second kappa shape index (κ2) is 7.42. The van der Waals surface area contributed by atoms with Gasteiger partial charge >= 0.3 is 0 Å². The van der Waals surface area contributed by atoms with Crippen LogP contribution >= 0.6 is 11.6 Å². The van der Waals surface area contributed by atoms with E-state index >= 15 is 0 Å². The van der Waals surface area contributed by atoms with Gasteiger partial charge in [0, 0.05) is 48.9 Å². The molecule has 1 amide bonds. The van der Waals surface area contributed by atoms with Crippen LogP contribution in [0.5, 0.6) is 0 Å². The van der Waals surface area contributed by atoms with E-state index in [-0.39, 0.29) is 11.6 Å². The number of carbonyl (C=O) groups excluding carboxylic acids is 1. The van der Waals surface area contributed by atoms with Crippen molar-refractivity contribution in [2.75, 3.05) is 31.1 Å².